The molecule has 0 fully saturated rings. The maximum atomic E-state index is 13.8. The van der Waals surface area contributed by atoms with Crippen molar-refractivity contribution < 1.29 is 4.39 Å². The van der Waals surface area contributed by atoms with E-state index in [4.69, 9.17) is 12.2 Å². The predicted molar refractivity (Wildman–Crippen MR) is 110 cm³/mol. The molecule has 4 heteroatoms. The van der Waals surface area contributed by atoms with Gasteiger partial charge in [-0.2, -0.15) is 0 Å². The smallest absolute Gasteiger partial charge is 0.173 e. The number of halogens is 1. The molecule has 0 aliphatic rings. The van der Waals surface area contributed by atoms with Gasteiger partial charge in [0.25, 0.3) is 0 Å². The van der Waals surface area contributed by atoms with Gasteiger partial charge < -0.3 is 10.2 Å². The van der Waals surface area contributed by atoms with Gasteiger partial charge in [-0.3, -0.25) is 0 Å². The first-order valence-electron chi connectivity index (χ1n) is 8.46. The van der Waals surface area contributed by atoms with Crippen LogP contribution in [0.5, 0.6) is 0 Å². The van der Waals surface area contributed by atoms with Crippen molar-refractivity contribution in [3.63, 3.8) is 0 Å². The zero-order valence-corrected chi connectivity index (χ0v) is 15.6. The second-order valence-electron chi connectivity index (χ2n) is 6.23. The Morgan fingerprint density at radius 3 is 1.96 bits per heavy atom. The number of hydrogen-bond acceptors (Lipinski definition) is 1. The van der Waals surface area contributed by atoms with Crippen molar-refractivity contribution in [1.82, 2.24) is 4.90 Å². The van der Waals surface area contributed by atoms with E-state index >= 15 is 0 Å². The van der Waals surface area contributed by atoms with Crippen LogP contribution in [0, 0.1) is 12.7 Å². The molecule has 3 rings (SSSR count). The third kappa shape index (κ3) is 4.09. The Kier molecular flexibility index (Phi) is 5.64. The standard InChI is InChI=1S/C22H21FN2S/c1-16-13-14-19(15-20(16)23)24-22(26)25(2)21(17-9-5-3-6-10-17)18-11-7-4-8-12-18/h3-15,21H,1-2H3,(H,24,26). The molecule has 0 aromatic heterocycles. The first kappa shape index (κ1) is 18.1. The van der Waals surface area contributed by atoms with Crippen molar-refractivity contribution in [1.29, 1.82) is 0 Å². The fraction of sp³-hybridized carbons (Fsp3) is 0.136. The molecule has 0 amide bonds. The fourth-order valence-corrected chi connectivity index (χ4v) is 3.13. The Labute approximate surface area is 159 Å². The largest absolute Gasteiger partial charge is 0.341 e. The van der Waals surface area contributed by atoms with Crippen molar-refractivity contribution in [2.75, 3.05) is 12.4 Å². The van der Waals surface area contributed by atoms with Gasteiger partial charge in [-0.15, -0.1) is 0 Å². The summed E-state index contributed by atoms with van der Waals surface area (Å²) in [6.45, 7) is 1.74. The van der Waals surface area contributed by atoms with Crippen LogP contribution in [0.4, 0.5) is 10.1 Å². The van der Waals surface area contributed by atoms with E-state index in [1.807, 2.05) is 54.4 Å². The SMILES string of the molecule is Cc1ccc(NC(=S)N(C)C(c2ccccc2)c2ccccc2)cc1F. The molecule has 26 heavy (non-hydrogen) atoms. The lowest BCUT2D eigenvalue weighted by Gasteiger charge is -2.31. The minimum absolute atomic E-state index is 0.0345. The lowest BCUT2D eigenvalue weighted by molar-refractivity contribution is 0.434. The molecule has 0 radical (unpaired) electrons. The molecule has 1 N–H and O–H groups in total. The number of aryl methyl sites for hydroxylation is 1. The lowest BCUT2D eigenvalue weighted by Crippen LogP contribution is -2.35. The number of nitrogens with zero attached hydrogens (tertiary/aromatic N) is 1. The van der Waals surface area contributed by atoms with Crippen LogP contribution in [-0.4, -0.2) is 17.1 Å². The quantitative estimate of drug-likeness (QED) is 0.611. The maximum absolute atomic E-state index is 13.8. The summed E-state index contributed by atoms with van der Waals surface area (Å²) in [4.78, 5) is 2.00. The number of benzene rings is 3. The monoisotopic (exact) mass is 364 g/mol. The van der Waals surface area contributed by atoms with Gasteiger partial charge in [0.1, 0.15) is 5.82 Å². The Hall–Kier alpha value is -2.72. The van der Waals surface area contributed by atoms with Gasteiger partial charge in [0, 0.05) is 12.7 Å². The van der Waals surface area contributed by atoms with E-state index < -0.39 is 0 Å². The zero-order chi connectivity index (χ0) is 18.5. The van der Waals surface area contributed by atoms with Gasteiger partial charge >= 0.3 is 0 Å². The van der Waals surface area contributed by atoms with Crippen molar-refractivity contribution in [3.05, 3.63) is 101 Å². The summed E-state index contributed by atoms with van der Waals surface area (Å²) in [7, 11) is 1.95. The molecular weight excluding hydrogens is 343 g/mol. The summed E-state index contributed by atoms with van der Waals surface area (Å²) in [5.74, 6) is -0.247. The van der Waals surface area contributed by atoms with Crippen molar-refractivity contribution in [2.45, 2.75) is 13.0 Å². The van der Waals surface area contributed by atoms with Crippen molar-refractivity contribution in [3.8, 4) is 0 Å². The molecule has 2 nitrogen and oxygen atoms in total. The average Bonchev–Trinajstić information content (AvgIpc) is 2.66. The minimum atomic E-state index is -0.247. The third-order valence-corrected chi connectivity index (χ3v) is 4.75. The van der Waals surface area contributed by atoms with E-state index in [9.17, 15) is 4.39 Å². The molecule has 0 atom stereocenters. The first-order valence-corrected chi connectivity index (χ1v) is 8.87. The predicted octanol–water partition coefficient (Wildman–Crippen LogP) is 5.55. The van der Waals surface area contributed by atoms with Crippen LogP contribution in [0.2, 0.25) is 0 Å². The molecule has 3 aromatic carbocycles. The summed E-state index contributed by atoms with van der Waals surface area (Å²) in [5.41, 5.74) is 3.53. The summed E-state index contributed by atoms with van der Waals surface area (Å²) in [6, 6.07) is 25.4. The van der Waals surface area contributed by atoms with E-state index in [2.05, 4.69) is 29.6 Å². The number of hydrogen-bond donors (Lipinski definition) is 1. The van der Waals surface area contributed by atoms with Gasteiger partial charge in [0.15, 0.2) is 5.11 Å². The van der Waals surface area contributed by atoms with Gasteiger partial charge in [-0.1, -0.05) is 66.7 Å². The molecule has 132 valence electrons. The highest BCUT2D eigenvalue weighted by Crippen LogP contribution is 2.28. The highest BCUT2D eigenvalue weighted by molar-refractivity contribution is 7.80. The number of anilines is 1. The molecular formula is C22H21FN2S. The van der Waals surface area contributed by atoms with Gasteiger partial charge in [-0.05, 0) is 48.0 Å². The third-order valence-electron chi connectivity index (χ3n) is 4.36. The van der Waals surface area contributed by atoms with Crippen LogP contribution in [0.25, 0.3) is 0 Å². The van der Waals surface area contributed by atoms with Crippen LogP contribution in [-0.2, 0) is 0 Å². The molecule has 0 aliphatic heterocycles. The van der Waals surface area contributed by atoms with Gasteiger partial charge in [-0.25, -0.2) is 4.39 Å². The summed E-state index contributed by atoms with van der Waals surface area (Å²) < 4.78 is 13.8. The molecule has 0 unspecified atom stereocenters. The summed E-state index contributed by atoms with van der Waals surface area (Å²) in [5, 5.41) is 3.68. The molecule has 0 heterocycles. The first-order chi connectivity index (χ1) is 12.6. The average molecular weight is 364 g/mol. The highest BCUT2D eigenvalue weighted by atomic mass is 32.1. The molecule has 0 spiro atoms. The second-order valence-corrected chi connectivity index (χ2v) is 6.62. The number of rotatable bonds is 4. The molecule has 0 aliphatic carbocycles. The zero-order valence-electron chi connectivity index (χ0n) is 14.8. The van der Waals surface area contributed by atoms with Crippen LogP contribution >= 0.6 is 12.2 Å². The van der Waals surface area contributed by atoms with E-state index in [0.717, 1.165) is 11.1 Å². The Morgan fingerprint density at radius 2 is 1.46 bits per heavy atom. The Balaban J connectivity index is 1.88. The minimum Gasteiger partial charge on any atom is -0.341 e. The molecule has 0 saturated heterocycles. The molecule has 0 bridgehead atoms. The number of nitrogens with one attached hydrogen (secondary N) is 1. The second kappa shape index (κ2) is 8.11. The fourth-order valence-electron chi connectivity index (χ4n) is 2.91. The van der Waals surface area contributed by atoms with Gasteiger partial charge in [0.2, 0.25) is 0 Å². The Bertz CT molecular complexity index is 842. The summed E-state index contributed by atoms with van der Waals surface area (Å²) >= 11 is 5.60. The van der Waals surface area contributed by atoms with E-state index in [-0.39, 0.29) is 11.9 Å². The van der Waals surface area contributed by atoms with Crippen LogP contribution in [0.15, 0.2) is 78.9 Å². The number of thiocarbonyl (C=S) groups is 1. The maximum Gasteiger partial charge on any atom is 0.173 e. The molecule has 3 aromatic rings. The van der Waals surface area contributed by atoms with Crippen LogP contribution < -0.4 is 5.32 Å². The van der Waals surface area contributed by atoms with E-state index in [1.54, 1.807) is 13.0 Å². The highest BCUT2D eigenvalue weighted by Gasteiger charge is 2.21. The van der Waals surface area contributed by atoms with Crippen LogP contribution in [0.3, 0.4) is 0 Å². The van der Waals surface area contributed by atoms with Gasteiger partial charge in [0.05, 0.1) is 6.04 Å². The molecule has 0 saturated carbocycles. The Morgan fingerprint density at radius 1 is 0.923 bits per heavy atom. The summed E-state index contributed by atoms with van der Waals surface area (Å²) in [6.07, 6.45) is 0. The topological polar surface area (TPSA) is 15.3 Å². The lowest BCUT2D eigenvalue weighted by atomic mass is 9.98. The van der Waals surface area contributed by atoms with Crippen molar-refractivity contribution in [2.24, 2.45) is 0 Å². The normalized spacial score (nSPS) is 10.6. The van der Waals surface area contributed by atoms with Crippen LogP contribution in [0.1, 0.15) is 22.7 Å². The van der Waals surface area contributed by atoms with E-state index in [1.165, 1.54) is 6.07 Å². The van der Waals surface area contributed by atoms with E-state index in [0.29, 0.717) is 16.4 Å². The van der Waals surface area contributed by atoms with Crippen molar-refractivity contribution >= 4 is 23.0 Å².